The second kappa shape index (κ2) is 5.53. The number of rotatable bonds is 4. The second-order valence-corrected chi connectivity index (χ2v) is 4.31. The highest BCUT2D eigenvalue weighted by Crippen LogP contribution is 2.25. The summed E-state index contributed by atoms with van der Waals surface area (Å²) in [6, 6.07) is 8.47. The van der Waals surface area contributed by atoms with Crippen LogP contribution in [0.2, 0.25) is 5.02 Å². The number of nitro groups is 1. The van der Waals surface area contributed by atoms with Crippen molar-refractivity contribution in [3.63, 3.8) is 0 Å². The van der Waals surface area contributed by atoms with Gasteiger partial charge in [-0.15, -0.1) is 0 Å². The Labute approximate surface area is 114 Å². The van der Waals surface area contributed by atoms with Gasteiger partial charge in [0.25, 0.3) is 0 Å². The van der Waals surface area contributed by atoms with Gasteiger partial charge in [0.05, 0.1) is 9.95 Å². The molecule has 6 nitrogen and oxygen atoms in total. The van der Waals surface area contributed by atoms with E-state index in [0.717, 1.165) is 5.56 Å². The average Bonchev–Trinajstić information content (AvgIpc) is 2.39. The molecule has 1 aromatic heterocycles. The molecule has 0 aliphatic carbocycles. The Morgan fingerprint density at radius 2 is 2.05 bits per heavy atom. The maximum absolute atomic E-state index is 10.9. The number of pyridine rings is 1. The minimum Gasteiger partial charge on any atom is -0.399 e. The molecule has 98 valence electrons. The van der Waals surface area contributed by atoms with Crippen molar-refractivity contribution in [2.45, 2.75) is 6.54 Å². The van der Waals surface area contributed by atoms with E-state index < -0.39 is 4.92 Å². The summed E-state index contributed by atoms with van der Waals surface area (Å²) < 4.78 is 0. The Bertz CT molecular complexity index is 601. The van der Waals surface area contributed by atoms with Gasteiger partial charge in [-0.1, -0.05) is 23.7 Å². The van der Waals surface area contributed by atoms with Gasteiger partial charge in [0.15, 0.2) is 0 Å². The molecule has 7 heteroatoms. The van der Waals surface area contributed by atoms with Crippen molar-refractivity contribution in [3.05, 3.63) is 57.2 Å². The largest absolute Gasteiger partial charge is 0.399 e. The molecule has 3 N–H and O–H groups in total. The maximum Gasteiger partial charge on any atom is 0.312 e. The lowest BCUT2D eigenvalue weighted by Gasteiger charge is -2.06. The lowest BCUT2D eigenvalue weighted by atomic mass is 10.2. The van der Waals surface area contributed by atoms with Crippen molar-refractivity contribution in [2.24, 2.45) is 0 Å². The fraction of sp³-hybridized carbons (Fsp3) is 0.0833. The van der Waals surface area contributed by atoms with Crippen LogP contribution in [0.1, 0.15) is 5.56 Å². The summed E-state index contributed by atoms with van der Waals surface area (Å²) in [6.45, 7) is 0.412. The van der Waals surface area contributed by atoms with E-state index in [1.807, 2.05) is 12.1 Å². The monoisotopic (exact) mass is 278 g/mol. The highest BCUT2D eigenvalue weighted by molar-refractivity contribution is 6.30. The first-order valence-corrected chi connectivity index (χ1v) is 5.82. The average molecular weight is 279 g/mol. The molecular formula is C12H11ClN4O2. The third kappa shape index (κ3) is 3.32. The second-order valence-electron chi connectivity index (χ2n) is 3.87. The number of nitrogen functional groups attached to an aromatic ring is 1. The lowest BCUT2D eigenvalue weighted by molar-refractivity contribution is -0.384. The Kier molecular flexibility index (Phi) is 3.82. The molecule has 1 aromatic carbocycles. The molecule has 2 aromatic rings. The van der Waals surface area contributed by atoms with Crippen molar-refractivity contribution >= 4 is 28.8 Å². The highest BCUT2D eigenvalue weighted by atomic mass is 35.5. The van der Waals surface area contributed by atoms with Gasteiger partial charge < -0.3 is 11.1 Å². The third-order valence-electron chi connectivity index (χ3n) is 2.47. The van der Waals surface area contributed by atoms with E-state index in [1.54, 1.807) is 12.1 Å². The third-order valence-corrected chi connectivity index (χ3v) is 2.68. The molecule has 2 rings (SSSR count). The molecule has 0 fully saturated rings. The zero-order valence-corrected chi connectivity index (χ0v) is 10.6. The smallest absolute Gasteiger partial charge is 0.312 e. The van der Waals surface area contributed by atoms with E-state index >= 15 is 0 Å². The molecule has 0 aliphatic heterocycles. The van der Waals surface area contributed by atoms with Gasteiger partial charge in [0, 0.05) is 24.5 Å². The van der Waals surface area contributed by atoms with Gasteiger partial charge in [-0.25, -0.2) is 4.98 Å². The topological polar surface area (TPSA) is 94.1 Å². The van der Waals surface area contributed by atoms with Crippen molar-refractivity contribution < 1.29 is 4.92 Å². The van der Waals surface area contributed by atoms with Crippen LogP contribution in [0.5, 0.6) is 0 Å². The number of aromatic nitrogens is 1. The van der Waals surface area contributed by atoms with Crippen LogP contribution in [0.4, 0.5) is 17.2 Å². The summed E-state index contributed by atoms with van der Waals surface area (Å²) in [5, 5.41) is 14.0. The molecule has 0 saturated heterocycles. The Hall–Kier alpha value is -2.34. The van der Waals surface area contributed by atoms with Crippen LogP contribution in [0.3, 0.4) is 0 Å². The standard InChI is InChI=1S/C12H11ClN4O2/c13-9-5-11(17(18)19)12(16-7-9)15-6-8-1-3-10(14)4-2-8/h1-5,7H,6,14H2,(H,15,16). The molecular weight excluding hydrogens is 268 g/mol. The van der Waals surface area contributed by atoms with Crippen LogP contribution < -0.4 is 11.1 Å². The van der Waals surface area contributed by atoms with E-state index in [4.69, 9.17) is 17.3 Å². The van der Waals surface area contributed by atoms with Crippen LogP contribution in [0, 0.1) is 10.1 Å². The summed E-state index contributed by atoms with van der Waals surface area (Å²) in [5.41, 5.74) is 7.04. The maximum atomic E-state index is 10.9. The molecule has 19 heavy (non-hydrogen) atoms. The summed E-state index contributed by atoms with van der Waals surface area (Å²) in [6.07, 6.45) is 1.36. The summed E-state index contributed by atoms with van der Waals surface area (Å²) in [4.78, 5) is 14.3. The molecule has 0 amide bonds. The minimum atomic E-state index is -0.524. The highest BCUT2D eigenvalue weighted by Gasteiger charge is 2.15. The fourth-order valence-corrected chi connectivity index (χ4v) is 1.68. The van der Waals surface area contributed by atoms with Gasteiger partial charge in [0.2, 0.25) is 5.82 Å². The number of halogens is 1. The molecule has 0 atom stereocenters. The van der Waals surface area contributed by atoms with E-state index in [2.05, 4.69) is 10.3 Å². The zero-order valence-electron chi connectivity index (χ0n) is 9.84. The van der Waals surface area contributed by atoms with Crippen molar-refractivity contribution in [2.75, 3.05) is 11.1 Å². The van der Waals surface area contributed by atoms with Crippen molar-refractivity contribution in [1.82, 2.24) is 4.98 Å². The normalized spacial score (nSPS) is 10.2. The summed E-state index contributed by atoms with van der Waals surface area (Å²) in [5.74, 6) is 0.186. The van der Waals surface area contributed by atoms with E-state index in [9.17, 15) is 10.1 Å². The van der Waals surface area contributed by atoms with E-state index in [0.29, 0.717) is 12.2 Å². The lowest BCUT2D eigenvalue weighted by Crippen LogP contribution is -2.04. The fourth-order valence-electron chi connectivity index (χ4n) is 1.53. The van der Waals surface area contributed by atoms with Gasteiger partial charge in [-0.3, -0.25) is 10.1 Å². The molecule has 0 spiro atoms. The number of nitrogens with two attached hydrogens (primary N) is 1. The molecule has 1 heterocycles. The predicted molar refractivity (Wildman–Crippen MR) is 74.1 cm³/mol. The van der Waals surface area contributed by atoms with Gasteiger partial charge >= 0.3 is 5.69 Å². The zero-order chi connectivity index (χ0) is 13.8. The number of hydrogen-bond donors (Lipinski definition) is 2. The first-order chi connectivity index (χ1) is 9.06. The minimum absolute atomic E-state index is 0.150. The van der Waals surface area contributed by atoms with Crippen LogP contribution in [-0.4, -0.2) is 9.91 Å². The van der Waals surface area contributed by atoms with Gasteiger partial charge in [0.1, 0.15) is 0 Å². The summed E-state index contributed by atoms with van der Waals surface area (Å²) in [7, 11) is 0. The molecule has 0 bridgehead atoms. The van der Waals surface area contributed by atoms with Gasteiger partial charge in [-0.2, -0.15) is 0 Å². The quantitative estimate of drug-likeness (QED) is 0.509. The van der Waals surface area contributed by atoms with E-state index in [1.165, 1.54) is 12.3 Å². The molecule has 0 radical (unpaired) electrons. The SMILES string of the molecule is Nc1ccc(CNc2ncc(Cl)cc2[N+](=O)[O-])cc1. The molecule has 0 saturated carbocycles. The Morgan fingerprint density at radius 3 is 2.68 bits per heavy atom. The Balaban J connectivity index is 2.15. The molecule has 0 aliphatic rings. The first kappa shape index (κ1) is 13.1. The van der Waals surface area contributed by atoms with Crippen molar-refractivity contribution in [3.8, 4) is 0 Å². The van der Waals surface area contributed by atoms with Crippen LogP contribution in [0.25, 0.3) is 0 Å². The van der Waals surface area contributed by atoms with Crippen LogP contribution >= 0.6 is 11.6 Å². The van der Waals surface area contributed by atoms with Gasteiger partial charge in [-0.05, 0) is 17.7 Å². The first-order valence-electron chi connectivity index (χ1n) is 5.44. The molecule has 0 unspecified atom stereocenters. The summed E-state index contributed by atoms with van der Waals surface area (Å²) >= 11 is 5.69. The number of nitrogens with one attached hydrogen (secondary N) is 1. The van der Waals surface area contributed by atoms with Crippen LogP contribution in [0.15, 0.2) is 36.5 Å². The number of benzene rings is 1. The van der Waals surface area contributed by atoms with E-state index in [-0.39, 0.29) is 16.5 Å². The predicted octanol–water partition coefficient (Wildman–Crippen LogP) is 2.84. The van der Waals surface area contributed by atoms with Crippen LogP contribution in [-0.2, 0) is 6.54 Å². The van der Waals surface area contributed by atoms with Crippen molar-refractivity contribution in [1.29, 1.82) is 0 Å². The number of anilines is 2. The number of nitrogens with zero attached hydrogens (tertiary/aromatic N) is 2. The Morgan fingerprint density at radius 1 is 1.37 bits per heavy atom. The number of hydrogen-bond acceptors (Lipinski definition) is 5.